The number of ether oxygens (including phenoxy) is 2. The van der Waals surface area contributed by atoms with Crippen molar-refractivity contribution in [3.63, 3.8) is 0 Å². The Labute approximate surface area is 146 Å². The summed E-state index contributed by atoms with van der Waals surface area (Å²) in [5.74, 6) is 0.797. The Morgan fingerprint density at radius 1 is 0.920 bits per heavy atom. The van der Waals surface area contributed by atoms with Gasteiger partial charge in [-0.3, -0.25) is 9.59 Å². The average molecular weight is 340 g/mol. The second kappa shape index (κ2) is 8.19. The molecule has 0 aliphatic carbocycles. The number of anilines is 1. The summed E-state index contributed by atoms with van der Waals surface area (Å²) in [5, 5.41) is 5.36. The van der Waals surface area contributed by atoms with Crippen LogP contribution in [0.25, 0.3) is 0 Å². The number of amides is 2. The maximum atomic E-state index is 12.0. The molecule has 25 heavy (non-hydrogen) atoms. The van der Waals surface area contributed by atoms with Gasteiger partial charge in [0.15, 0.2) is 11.5 Å². The van der Waals surface area contributed by atoms with Crippen LogP contribution in [0.15, 0.2) is 48.5 Å². The zero-order chi connectivity index (χ0) is 17.5. The van der Waals surface area contributed by atoms with Gasteiger partial charge in [0, 0.05) is 18.2 Å². The van der Waals surface area contributed by atoms with Gasteiger partial charge >= 0.3 is 0 Å². The van der Waals surface area contributed by atoms with Gasteiger partial charge in [-0.25, -0.2) is 0 Å². The lowest BCUT2D eigenvalue weighted by Crippen LogP contribution is -2.33. The molecule has 0 saturated heterocycles. The molecule has 3 rings (SSSR count). The quantitative estimate of drug-likeness (QED) is 0.874. The topological polar surface area (TPSA) is 76.7 Å². The van der Waals surface area contributed by atoms with E-state index >= 15 is 0 Å². The minimum Gasteiger partial charge on any atom is -0.490 e. The zero-order valence-corrected chi connectivity index (χ0v) is 13.8. The van der Waals surface area contributed by atoms with E-state index in [1.807, 2.05) is 30.3 Å². The highest BCUT2D eigenvalue weighted by molar-refractivity contribution is 5.95. The van der Waals surface area contributed by atoms with E-state index in [4.69, 9.17) is 9.47 Å². The molecule has 0 fully saturated rings. The van der Waals surface area contributed by atoms with Gasteiger partial charge < -0.3 is 20.1 Å². The fraction of sp³-hybridized carbons (Fsp3) is 0.263. The van der Waals surface area contributed by atoms with Gasteiger partial charge in [-0.2, -0.15) is 0 Å². The molecule has 0 spiro atoms. The first-order valence-corrected chi connectivity index (χ1v) is 8.21. The van der Waals surface area contributed by atoms with Crippen molar-refractivity contribution in [3.05, 3.63) is 54.1 Å². The first-order valence-electron chi connectivity index (χ1n) is 8.21. The summed E-state index contributed by atoms with van der Waals surface area (Å²) in [6.07, 6.45) is 1.07. The Balaban J connectivity index is 1.49. The molecule has 130 valence electrons. The molecule has 1 aliphatic heterocycles. The predicted octanol–water partition coefficient (Wildman–Crippen LogP) is 2.15. The Hall–Kier alpha value is -3.02. The van der Waals surface area contributed by atoms with E-state index in [0.29, 0.717) is 30.4 Å². The molecule has 2 amide bonds. The molecule has 0 radical (unpaired) electrons. The zero-order valence-electron chi connectivity index (χ0n) is 13.8. The maximum Gasteiger partial charge on any atom is 0.243 e. The van der Waals surface area contributed by atoms with Crippen LogP contribution in [0, 0.1) is 0 Å². The molecule has 6 heteroatoms. The van der Waals surface area contributed by atoms with Crippen LogP contribution in [0.5, 0.6) is 11.5 Å². The molecule has 0 aromatic heterocycles. The minimum atomic E-state index is -0.295. The SMILES string of the molecule is O=C(Cc1ccccc1)NCC(=O)Nc1ccc2c(c1)OCCCO2. The van der Waals surface area contributed by atoms with Crippen LogP contribution in [-0.2, 0) is 16.0 Å². The Morgan fingerprint density at radius 2 is 1.68 bits per heavy atom. The van der Waals surface area contributed by atoms with Gasteiger partial charge in [0.2, 0.25) is 11.8 Å². The third-order valence-electron chi connectivity index (χ3n) is 3.68. The van der Waals surface area contributed by atoms with E-state index in [0.717, 1.165) is 12.0 Å². The average Bonchev–Trinajstić information content (AvgIpc) is 2.86. The van der Waals surface area contributed by atoms with Gasteiger partial charge in [0.1, 0.15) is 0 Å². The summed E-state index contributed by atoms with van der Waals surface area (Å²) in [5.41, 5.74) is 1.51. The Morgan fingerprint density at radius 3 is 2.48 bits per heavy atom. The summed E-state index contributed by atoms with van der Waals surface area (Å²) in [6, 6.07) is 14.6. The second-order valence-electron chi connectivity index (χ2n) is 5.70. The number of hydrogen-bond donors (Lipinski definition) is 2. The van der Waals surface area contributed by atoms with Crippen LogP contribution >= 0.6 is 0 Å². The van der Waals surface area contributed by atoms with E-state index in [1.165, 1.54) is 0 Å². The lowest BCUT2D eigenvalue weighted by molar-refractivity contribution is -0.123. The van der Waals surface area contributed by atoms with Crippen molar-refractivity contribution in [1.82, 2.24) is 5.32 Å². The van der Waals surface area contributed by atoms with Crippen LogP contribution in [0.1, 0.15) is 12.0 Å². The molecule has 2 N–H and O–H groups in total. The Kier molecular flexibility index (Phi) is 5.51. The molecule has 1 aliphatic rings. The molecular weight excluding hydrogens is 320 g/mol. The van der Waals surface area contributed by atoms with Crippen molar-refractivity contribution in [2.45, 2.75) is 12.8 Å². The third kappa shape index (κ3) is 4.97. The van der Waals surface area contributed by atoms with Gasteiger partial charge in [-0.05, 0) is 17.7 Å². The van der Waals surface area contributed by atoms with Crippen molar-refractivity contribution >= 4 is 17.5 Å². The largest absolute Gasteiger partial charge is 0.490 e. The minimum absolute atomic E-state index is 0.0832. The lowest BCUT2D eigenvalue weighted by Gasteiger charge is -2.11. The number of carbonyl (C=O) groups excluding carboxylic acids is 2. The second-order valence-corrected chi connectivity index (χ2v) is 5.70. The predicted molar refractivity (Wildman–Crippen MR) is 93.8 cm³/mol. The molecule has 6 nitrogen and oxygen atoms in total. The monoisotopic (exact) mass is 340 g/mol. The van der Waals surface area contributed by atoms with Gasteiger partial charge in [0.05, 0.1) is 26.2 Å². The lowest BCUT2D eigenvalue weighted by atomic mass is 10.1. The molecule has 2 aromatic carbocycles. The van der Waals surface area contributed by atoms with Crippen LogP contribution in [0.3, 0.4) is 0 Å². The summed E-state index contributed by atoms with van der Waals surface area (Å²) >= 11 is 0. The van der Waals surface area contributed by atoms with E-state index in [9.17, 15) is 9.59 Å². The fourth-order valence-electron chi connectivity index (χ4n) is 2.47. The number of benzene rings is 2. The highest BCUT2D eigenvalue weighted by Gasteiger charge is 2.12. The van der Waals surface area contributed by atoms with Gasteiger partial charge in [-0.1, -0.05) is 30.3 Å². The van der Waals surface area contributed by atoms with Crippen LogP contribution in [-0.4, -0.2) is 31.6 Å². The first kappa shape index (κ1) is 16.8. The van der Waals surface area contributed by atoms with Crippen molar-refractivity contribution < 1.29 is 19.1 Å². The first-order chi connectivity index (χ1) is 12.2. The van der Waals surface area contributed by atoms with Crippen LogP contribution in [0.2, 0.25) is 0 Å². The number of nitrogens with one attached hydrogen (secondary N) is 2. The molecule has 0 saturated carbocycles. The molecule has 0 unspecified atom stereocenters. The van der Waals surface area contributed by atoms with E-state index in [-0.39, 0.29) is 24.8 Å². The number of rotatable bonds is 5. The molecule has 2 aromatic rings. The highest BCUT2D eigenvalue weighted by atomic mass is 16.5. The number of carbonyl (C=O) groups is 2. The van der Waals surface area contributed by atoms with Crippen LogP contribution < -0.4 is 20.1 Å². The summed E-state index contributed by atoms with van der Waals surface area (Å²) in [7, 11) is 0. The maximum absolute atomic E-state index is 12.0. The molecule has 0 atom stereocenters. The normalized spacial score (nSPS) is 12.8. The van der Waals surface area contributed by atoms with E-state index in [2.05, 4.69) is 10.6 Å². The fourth-order valence-corrected chi connectivity index (χ4v) is 2.47. The number of fused-ring (bicyclic) bond motifs is 1. The van der Waals surface area contributed by atoms with Crippen LogP contribution in [0.4, 0.5) is 5.69 Å². The smallest absolute Gasteiger partial charge is 0.243 e. The van der Waals surface area contributed by atoms with E-state index in [1.54, 1.807) is 18.2 Å². The highest BCUT2D eigenvalue weighted by Crippen LogP contribution is 2.32. The standard InChI is InChI=1S/C19H20N2O4/c22-18(11-14-5-2-1-3-6-14)20-13-19(23)21-15-7-8-16-17(12-15)25-10-4-9-24-16/h1-3,5-8,12H,4,9-11,13H2,(H,20,22)(H,21,23). The number of hydrogen-bond acceptors (Lipinski definition) is 4. The molecule has 1 heterocycles. The summed E-state index contributed by atoms with van der Waals surface area (Å²) < 4.78 is 11.1. The van der Waals surface area contributed by atoms with Gasteiger partial charge in [0.25, 0.3) is 0 Å². The summed E-state index contributed by atoms with van der Waals surface area (Å²) in [6.45, 7) is 1.12. The third-order valence-corrected chi connectivity index (χ3v) is 3.68. The van der Waals surface area contributed by atoms with Crippen molar-refractivity contribution in [2.75, 3.05) is 25.1 Å². The van der Waals surface area contributed by atoms with Crippen molar-refractivity contribution in [3.8, 4) is 11.5 Å². The molecular formula is C19H20N2O4. The van der Waals surface area contributed by atoms with Gasteiger partial charge in [-0.15, -0.1) is 0 Å². The molecule has 0 bridgehead atoms. The van der Waals surface area contributed by atoms with E-state index < -0.39 is 0 Å². The Bertz CT molecular complexity index is 746. The van der Waals surface area contributed by atoms with Crippen molar-refractivity contribution in [2.24, 2.45) is 0 Å². The van der Waals surface area contributed by atoms with Crippen molar-refractivity contribution in [1.29, 1.82) is 0 Å². The summed E-state index contributed by atoms with van der Waals surface area (Å²) in [4.78, 5) is 23.9.